The van der Waals surface area contributed by atoms with E-state index in [1.54, 1.807) is 4.90 Å². The lowest BCUT2D eigenvalue weighted by Gasteiger charge is -2.34. The summed E-state index contributed by atoms with van der Waals surface area (Å²) in [6, 6.07) is -0.0887. The molecule has 3 atom stereocenters. The summed E-state index contributed by atoms with van der Waals surface area (Å²) in [6.07, 6.45) is 1.92. The van der Waals surface area contributed by atoms with E-state index in [0.29, 0.717) is 32.5 Å². The van der Waals surface area contributed by atoms with Crippen molar-refractivity contribution in [1.82, 2.24) is 10.2 Å². The summed E-state index contributed by atoms with van der Waals surface area (Å²) in [5, 5.41) is 21.1. The van der Waals surface area contributed by atoms with Gasteiger partial charge in [-0.25, -0.2) is 4.79 Å². The Morgan fingerprint density at radius 1 is 1.40 bits per heavy atom. The zero-order valence-corrected chi connectivity index (χ0v) is 12.3. The summed E-state index contributed by atoms with van der Waals surface area (Å²) in [5.74, 6) is -0.376. The Hall–Kier alpha value is -1.30. The minimum Gasteiger partial charge on any atom is -0.481 e. The number of aliphatic carboxylic acids is 1. The van der Waals surface area contributed by atoms with E-state index in [9.17, 15) is 14.7 Å². The molecular formula is C14H26N2O4. The largest absolute Gasteiger partial charge is 0.481 e. The Morgan fingerprint density at radius 3 is 2.70 bits per heavy atom. The van der Waals surface area contributed by atoms with Gasteiger partial charge in [0.1, 0.15) is 0 Å². The predicted octanol–water partition coefficient (Wildman–Crippen LogP) is 1.29. The van der Waals surface area contributed by atoms with Gasteiger partial charge in [-0.3, -0.25) is 4.79 Å². The number of amides is 2. The van der Waals surface area contributed by atoms with Crippen molar-refractivity contribution in [3.05, 3.63) is 0 Å². The quantitative estimate of drug-likeness (QED) is 0.686. The van der Waals surface area contributed by atoms with Crippen molar-refractivity contribution in [2.24, 2.45) is 11.8 Å². The first-order valence-corrected chi connectivity index (χ1v) is 7.32. The number of aliphatic hydroxyl groups excluding tert-OH is 1. The highest BCUT2D eigenvalue weighted by Crippen LogP contribution is 2.16. The van der Waals surface area contributed by atoms with E-state index in [1.807, 2.05) is 13.8 Å². The van der Waals surface area contributed by atoms with Crippen molar-refractivity contribution in [2.75, 3.05) is 19.6 Å². The van der Waals surface area contributed by atoms with Gasteiger partial charge >= 0.3 is 12.0 Å². The maximum Gasteiger partial charge on any atom is 0.317 e. The minimum atomic E-state index is -0.776. The van der Waals surface area contributed by atoms with Gasteiger partial charge in [-0.1, -0.05) is 13.8 Å². The lowest BCUT2D eigenvalue weighted by Crippen LogP contribution is -2.49. The average Bonchev–Trinajstić information content (AvgIpc) is 2.39. The first kappa shape index (κ1) is 16.8. The second-order valence-corrected chi connectivity index (χ2v) is 5.84. The van der Waals surface area contributed by atoms with Crippen LogP contribution in [0.4, 0.5) is 4.79 Å². The Balaban J connectivity index is 2.18. The Bertz CT molecular complexity index is 335. The molecule has 1 fully saturated rings. The summed E-state index contributed by atoms with van der Waals surface area (Å²) in [6.45, 7) is 5.67. The molecule has 0 aromatic rings. The summed E-state index contributed by atoms with van der Waals surface area (Å²) in [4.78, 5) is 24.1. The van der Waals surface area contributed by atoms with E-state index in [1.165, 1.54) is 0 Å². The summed E-state index contributed by atoms with van der Waals surface area (Å²) >= 11 is 0. The van der Waals surface area contributed by atoms with Gasteiger partial charge in [0, 0.05) is 26.1 Å². The first-order valence-electron chi connectivity index (χ1n) is 7.32. The normalized spacial score (nSPS) is 24.2. The fourth-order valence-corrected chi connectivity index (χ4v) is 2.37. The number of carboxylic acids is 1. The highest BCUT2D eigenvalue weighted by molar-refractivity contribution is 5.74. The molecule has 1 rings (SSSR count). The molecule has 6 nitrogen and oxygen atoms in total. The van der Waals surface area contributed by atoms with E-state index >= 15 is 0 Å². The van der Waals surface area contributed by atoms with Gasteiger partial charge in [0.2, 0.25) is 0 Å². The molecule has 0 spiro atoms. The van der Waals surface area contributed by atoms with Crippen LogP contribution in [-0.2, 0) is 4.79 Å². The molecule has 0 aromatic carbocycles. The van der Waals surface area contributed by atoms with Gasteiger partial charge < -0.3 is 20.4 Å². The molecule has 0 saturated carbocycles. The lowest BCUT2D eigenvalue weighted by atomic mass is 9.97. The van der Waals surface area contributed by atoms with Crippen LogP contribution >= 0.6 is 0 Å². The monoisotopic (exact) mass is 286 g/mol. The number of carboxylic acid groups (broad SMARTS) is 1. The predicted molar refractivity (Wildman–Crippen MR) is 75.4 cm³/mol. The molecule has 0 aliphatic carbocycles. The number of carbonyl (C=O) groups is 2. The number of urea groups is 1. The Kier molecular flexibility index (Phi) is 6.78. The van der Waals surface area contributed by atoms with E-state index < -0.39 is 5.97 Å². The van der Waals surface area contributed by atoms with E-state index in [0.717, 1.165) is 6.42 Å². The highest BCUT2D eigenvalue weighted by atomic mass is 16.4. The third-order valence-corrected chi connectivity index (χ3v) is 3.91. The molecule has 1 aliphatic heterocycles. The molecule has 0 aromatic heterocycles. The van der Waals surface area contributed by atoms with Crippen molar-refractivity contribution >= 4 is 12.0 Å². The second kappa shape index (κ2) is 8.09. The number of likely N-dealkylation sites (tertiary alicyclic amines) is 1. The molecule has 1 saturated heterocycles. The number of carbonyl (C=O) groups excluding carboxylic acids is 1. The second-order valence-electron chi connectivity index (χ2n) is 5.84. The molecule has 3 N–H and O–H groups in total. The van der Waals surface area contributed by atoms with Crippen molar-refractivity contribution in [2.45, 2.75) is 45.6 Å². The lowest BCUT2D eigenvalue weighted by molar-refractivity contribution is -0.137. The molecule has 6 heteroatoms. The van der Waals surface area contributed by atoms with Crippen LogP contribution in [0.5, 0.6) is 0 Å². The van der Waals surface area contributed by atoms with E-state index in [-0.39, 0.29) is 30.4 Å². The van der Waals surface area contributed by atoms with Crippen LogP contribution in [0.25, 0.3) is 0 Å². The van der Waals surface area contributed by atoms with Crippen LogP contribution in [0, 0.1) is 11.8 Å². The van der Waals surface area contributed by atoms with Crippen molar-refractivity contribution < 1.29 is 19.8 Å². The Labute approximate surface area is 120 Å². The Morgan fingerprint density at radius 2 is 2.10 bits per heavy atom. The molecule has 1 aliphatic rings. The van der Waals surface area contributed by atoms with Crippen LogP contribution in [0.2, 0.25) is 0 Å². The number of hydrogen-bond donors (Lipinski definition) is 3. The van der Waals surface area contributed by atoms with Crippen molar-refractivity contribution in [3.8, 4) is 0 Å². The topological polar surface area (TPSA) is 89.9 Å². The maximum absolute atomic E-state index is 11.9. The first-order chi connectivity index (χ1) is 9.40. The fraction of sp³-hybridized carbons (Fsp3) is 0.857. The molecule has 0 radical (unpaired) electrons. The third kappa shape index (κ3) is 5.77. The summed E-state index contributed by atoms with van der Waals surface area (Å²) < 4.78 is 0. The number of nitrogens with one attached hydrogen (secondary N) is 1. The van der Waals surface area contributed by atoms with Gasteiger partial charge in [0.15, 0.2) is 0 Å². The molecule has 0 bridgehead atoms. The highest BCUT2D eigenvalue weighted by Gasteiger charge is 2.26. The van der Waals surface area contributed by atoms with Crippen LogP contribution < -0.4 is 5.32 Å². The third-order valence-electron chi connectivity index (χ3n) is 3.91. The van der Waals surface area contributed by atoms with Gasteiger partial charge in [-0.05, 0) is 31.1 Å². The zero-order chi connectivity index (χ0) is 15.1. The maximum atomic E-state index is 11.9. The molecule has 1 heterocycles. The van der Waals surface area contributed by atoms with Gasteiger partial charge in [0.05, 0.1) is 6.10 Å². The van der Waals surface area contributed by atoms with E-state index in [2.05, 4.69) is 5.32 Å². The molecular weight excluding hydrogens is 260 g/mol. The van der Waals surface area contributed by atoms with Crippen molar-refractivity contribution in [1.29, 1.82) is 0 Å². The van der Waals surface area contributed by atoms with E-state index in [4.69, 9.17) is 5.11 Å². The van der Waals surface area contributed by atoms with Crippen LogP contribution in [-0.4, -0.2) is 52.9 Å². The van der Waals surface area contributed by atoms with Crippen LogP contribution in [0.15, 0.2) is 0 Å². The smallest absolute Gasteiger partial charge is 0.317 e. The van der Waals surface area contributed by atoms with Gasteiger partial charge in [-0.15, -0.1) is 0 Å². The average molecular weight is 286 g/mol. The summed E-state index contributed by atoms with van der Waals surface area (Å²) in [7, 11) is 0. The number of piperidine rings is 1. The number of rotatable bonds is 6. The minimum absolute atomic E-state index is 0.0887. The number of hydrogen-bond acceptors (Lipinski definition) is 3. The van der Waals surface area contributed by atoms with Crippen molar-refractivity contribution in [3.63, 3.8) is 0 Å². The number of nitrogens with zero attached hydrogens (tertiary/aromatic N) is 1. The molecule has 116 valence electrons. The van der Waals surface area contributed by atoms with Crippen LogP contribution in [0.1, 0.15) is 39.5 Å². The van der Waals surface area contributed by atoms with Gasteiger partial charge in [-0.2, -0.15) is 0 Å². The molecule has 20 heavy (non-hydrogen) atoms. The van der Waals surface area contributed by atoms with Crippen LogP contribution in [0.3, 0.4) is 0 Å². The molecule has 2 amide bonds. The summed E-state index contributed by atoms with van der Waals surface area (Å²) in [5.41, 5.74) is 0. The van der Waals surface area contributed by atoms with Gasteiger partial charge in [0.25, 0.3) is 0 Å². The SMILES string of the molecule is CC(CCNC(=O)N1CCC(O)C(C)C1)CCC(=O)O. The fourth-order valence-electron chi connectivity index (χ4n) is 2.37. The molecule has 3 unspecified atom stereocenters. The standard InChI is InChI=1S/C14H26N2O4/c1-10(3-4-13(18)19)5-7-15-14(20)16-8-6-12(17)11(2)9-16/h10-12,17H,3-9H2,1-2H3,(H,15,20)(H,18,19). The zero-order valence-electron chi connectivity index (χ0n) is 12.3. The number of aliphatic hydroxyl groups is 1.